The Morgan fingerprint density at radius 2 is 1.95 bits per heavy atom. The average molecular weight is 496 g/mol. The molecule has 5 rings (SSSR count). The van der Waals surface area contributed by atoms with Gasteiger partial charge < -0.3 is 19.1 Å². The summed E-state index contributed by atoms with van der Waals surface area (Å²) in [6, 6.07) is 15.4. The lowest BCUT2D eigenvalue weighted by atomic mass is 10.1. The number of hydrogen-bond donors (Lipinski definition) is 0. The second-order valence-corrected chi connectivity index (χ2v) is 10.2. The zero-order valence-electron chi connectivity index (χ0n) is 21.4. The van der Waals surface area contributed by atoms with Crippen LogP contribution in [0.25, 0.3) is 28.0 Å². The monoisotopic (exact) mass is 495 g/mol. The summed E-state index contributed by atoms with van der Waals surface area (Å²) in [6.45, 7) is 9.34. The fourth-order valence-electron chi connectivity index (χ4n) is 4.67. The van der Waals surface area contributed by atoms with Crippen LogP contribution >= 0.6 is 0 Å². The van der Waals surface area contributed by atoms with Crippen LogP contribution in [0.5, 0.6) is 0 Å². The van der Waals surface area contributed by atoms with Crippen LogP contribution in [-0.2, 0) is 4.74 Å². The molecule has 0 N–H and O–H groups in total. The fourth-order valence-corrected chi connectivity index (χ4v) is 4.67. The van der Waals surface area contributed by atoms with Crippen molar-refractivity contribution >= 4 is 22.9 Å². The molecule has 9 nitrogen and oxygen atoms in total. The van der Waals surface area contributed by atoms with Crippen LogP contribution in [0.3, 0.4) is 0 Å². The molecule has 3 aromatic heterocycles. The molecule has 1 amide bonds. The molecule has 4 aromatic rings. The lowest BCUT2D eigenvalue weighted by Gasteiger charge is -2.41. The van der Waals surface area contributed by atoms with Crippen LogP contribution in [0.2, 0.25) is 0 Å². The van der Waals surface area contributed by atoms with Gasteiger partial charge in [-0.15, -0.1) is 0 Å². The number of benzene rings is 1. The number of nitrogens with zero attached hydrogens (tertiary/aromatic N) is 7. The van der Waals surface area contributed by atoms with E-state index >= 15 is 0 Å². The second-order valence-electron chi connectivity index (χ2n) is 10.2. The molecule has 1 aromatic carbocycles. The molecule has 1 atom stereocenters. The standard InChI is InChI=1S/C28H29N7O2/c1-19-16-33(27(36)37-28(2,3)4)12-13-34(19)25-24-22(23-10-5-6-11-30-23)17-35(26(24)32-18-31-25)21-9-7-8-20(14-21)15-29/h5-11,14,17-19H,12-13,16H2,1-4H3. The van der Waals surface area contributed by atoms with Gasteiger partial charge >= 0.3 is 6.09 Å². The van der Waals surface area contributed by atoms with Gasteiger partial charge in [-0.2, -0.15) is 5.26 Å². The molecule has 0 spiro atoms. The molecule has 1 aliphatic rings. The topological polar surface area (TPSA) is 100 Å². The van der Waals surface area contributed by atoms with Crippen LogP contribution in [-0.4, -0.2) is 61.8 Å². The molecule has 0 bridgehead atoms. The van der Waals surface area contributed by atoms with Crippen molar-refractivity contribution in [3.63, 3.8) is 0 Å². The molecular weight excluding hydrogens is 466 g/mol. The smallest absolute Gasteiger partial charge is 0.410 e. The van der Waals surface area contributed by atoms with Crippen molar-refractivity contribution in [2.24, 2.45) is 0 Å². The van der Waals surface area contributed by atoms with Crippen molar-refractivity contribution in [2.45, 2.75) is 39.3 Å². The first-order chi connectivity index (χ1) is 17.7. The van der Waals surface area contributed by atoms with Crippen LogP contribution in [0.1, 0.15) is 33.3 Å². The summed E-state index contributed by atoms with van der Waals surface area (Å²) in [5.41, 5.74) is 3.29. The minimum Gasteiger partial charge on any atom is -0.444 e. The first-order valence-corrected chi connectivity index (χ1v) is 12.3. The Hall–Kier alpha value is -4.45. The molecule has 1 saturated heterocycles. The van der Waals surface area contributed by atoms with Gasteiger partial charge in [-0.1, -0.05) is 12.1 Å². The van der Waals surface area contributed by atoms with E-state index < -0.39 is 5.60 Å². The maximum atomic E-state index is 12.7. The minimum atomic E-state index is -0.542. The number of rotatable bonds is 3. The van der Waals surface area contributed by atoms with E-state index in [0.717, 1.165) is 33.8 Å². The number of ether oxygens (including phenoxy) is 1. The Labute approximate surface area is 216 Å². The van der Waals surface area contributed by atoms with Gasteiger partial charge in [-0.05, 0) is 58.0 Å². The van der Waals surface area contributed by atoms with E-state index in [1.54, 1.807) is 23.5 Å². The number of pyridine rings is 1. The van der Waals surface area contributed by atoms with E-state index in [1.807, 2.05) is 67.9 Å². The average Bonchev–Trinajstić information content (AvgIpc) is 3.28. The van der Waals surface area contributed by atoms with Crippen molar-refractivity contribution in [1.29, 1.82) is 5.26 Å². The summed E-state index contributed by atoms with van der Waals surface area (Å²) in [6.07, 6.45) is 5.03. The molecule has 1 aliphatic heterocycles. The van der Waals surface area contributed by atoms with Crippen LogP contribution < -0.4 is 4.90 Å². The number of carbonyl (C=O) groups excluding carboxylic acids is 1. The van der Waals surface area contributed by atoms with Gasteiger partial charge in [0.25, 0.3) is 0 Å². The highest BCUT2D eigenvalue weighted by Crippen LogP contribution is 2.37. The molecular formula is C28H29N7O2. The first-order valence-electron chi connectivity index (χ1n) is 12.3. The molecule has 1 fully saturated rings. The zero-order valence-corrected chi connectivity index (χ0v) is 21.4. The number of carbonyl (C=O) groups is 1. The maximum absolute atomic E-state index is 12.7. The molecule has 9 heteroatoms. The van der Waals surface area contributed by atoms with Gasteiger partial charge in [0.1, 0.15) is 17.7 Å². The highest BCUT2D eigenvalue weighted by molar-refractivity contribution is 6.01. The number of fused-ring (bicyclic) bond motifs is 1. The van der Waals surface area contributed by atoms with Gasteiger partial charge in [0.15, 0.2) is 5.65 Å². The number of aromatic nitrogens is 4. The Balaban J connectivity index is 1.59. The van der Waals surface area contributed by atoms with Gasteiger partial charge in [0.2, 0.25) is 0 Å². The highest BCUT2D eigenvalue weighted by atomic mass is 16.6. The maximum Gasteiger partial charge on any atom is 0.410 e. The Morgan fingerprint density at radius 3 is 2.65 bits per heavy atom. The molecule has 1 unspecified atom stereocenters. The Morgan fingerprint density at radius 1 is 1.11 bits per heavy atom. The third kappa shape index (κ3) is 4.83. The van der Waals surface area contributed by atoms with E-state index in [1.165, 1.54) is 0 Å². The quantitative estimate of drug-likeness (QED) is 0.402. The normalized spacial score (nSPS) is 16.0. The lowest BCUT2D eigenvalue weighted by Crippen LogP contribution is -2.54. The molecule has 4 heterocycles. The Bertz CT molecular complexity index is 1480. The first kappa shape index (κ1) is 24.3. The van der Waals surface area contributed by atoms with Gasteiger partial charge in [-0.25, -0.2) is 14.8 Å². The molecule has 188 valence electrons. The predicted molar refractivity (Wildman–Crippen MR) is 141 cm³/mol. The van der Waals surface area contributed by atoms with E-state index in [9.17, 15) is 10.1 Å². The molecule has 0 radical (unpaired) electrons. The minimum absolute atomic E-state index is 0.00113. The van der Waals surface area contributed by atoms with Crippen molar-refractivity contribution in [3.05, 3.63) is 66.7 Å². The van der Waals surface area contributed by atoms with E-state index in [4.69, 9.17) is 9.72 Å². The van der Waals surface area contributed by atoms with Crippen LogP contribution in [0.15, 0.2) is 61.2 Å². The van der Waals surface area contributed by atoms with E-state index in [0.29, 0.717) is 25.2 Å². The largest absolute Gasteiger partial charge is 0.444 e. The highest BCUT2D eigenvalue weighted by Gasteiger charge is 2.32. The fraction of sp³-hybridized carbons (Fsp3) is 0.321. The Kier molecular flexibility index (Phi) is 6.25. The van der Waals surface area contributed by atoms with E-state index in [-0.39, 0.29) is 12.1 Å². The summed E-state index contributed by atoms with van der Waals surface area (Å²) < 4.78 is 7.57. The zero-order chi connectivity index (χ0) is 26.2. The van der Waals surface area contributed by atoms with Crippen molar-refractivity contribution in [1.82, 2.24) is 24.4 Å². The van der Waals surface area contributed by atoms with Gasteiger partial charge in [0, 0.05) is 49.3 Å². The van der Waals surface area contributed by atoms with Gasteiger partial charge in [-0.3, -0.25) is 4.98 Å². The number of piperazine rings is 1. The number of anilines is 1. The van der Waals surface area contributed by atoms with Gasteiger partial charge in [0.05, 0.1) is 22.7 Å². The second kappa shape index (κ2) is 9.54. The molecule has 0 aliphatic carbocycles. The van der Waals surface area contributed by atoms with Crippen molar-refractivity contribution in [2.75, 3.05) is 24.5 Å². The summed E-state index contributed by atoms with van der Waals surface area (Å²) in [5, 5.41) is 10.3. The predicted octanol–water partition coefficient (Wildman–Crippen LogP) is 4.80. The molecule has 37 heavy (non-hydrogen) atoms. The van der Waals surface area contributed by atoms with Crippen LogP contribution in [0, 0.1) is 11.3 Å². The SMILES string of the molecule is CC1CN(C(=O)OC(C)(C)C)CCN1c1ncnc2c1c(-c1ccccn1)cn2-c1cccc(C#N)c1. The van der Waals surface area contributed by atoms with Crippen LogP contribution in [0.4, 0.5) is 10.6 Å². The third-order valence-corrected chi connectivity index (χ3v) is 6.31. The number of hydrogen-bond acceptors (Lipinski definition) is 7. The summed E-state index contributed by atoms with van der Waals surface area (Å²) >= 11 is 0. The summed E-state index contributed by atoms with van der Waals surface area (Å²) in [4.78, 5) is 30.6. The van der Waals surface area contributed by atoms with Crippen molar-refractivity contribution < 1.29 is 9.53 Å². The third-order valence-electron chi connectivity index (χ3n) is 6.31. The lowest BCUT2D eigenvalue weighted by molar-refractivity contribution is 0.0218. The summed E-state index contributed by atoms with van der Waals surface area (Å²) in [5.74, 6) is 0.789. The number of amides is 1. The number of nitriles is 1. The van der Waals surface area contributed by atoms with Crippen molar-refractivity contribution in [3.8, 4) is 23.0 Å². The molecule has 0 saturated carbocycles. The summed E-state index contributed by atoms with van der Waals surface area (Å²) in [7, 11) is 0. The van der Waals surface area contributed by atoms with E-state index in [2.05, 4.69) is 27.9 Å².